The number of unbranched alkanes of at least 4 members (excludes halogenated alkanes) is 2. The molecule has 0 atom stereocenters. The molecule has 0 saturated heterocycles. The maximum atomic E-state index is 13.0. The molecule has 0 radical (unpaired) electrons. The average molecular weight is 529 g/mol. The first-order valence-electron chi connectivity index (χ1n) is 9.22. The van der Waals surface area contributed by atoms with Gasteiger partial charge in [-0.3, -0.25) is 4.79 Å². The number of Topliss-reactive ketones (excluding diaryl/α,β-unsaturated/α-hetero) is 1. The Hall–Kier alpha value is -1.30. The Balaban J connectivity index is 1.84. The Morgan fingerprint density at radius 1 is 1.25 bits per heavy atom. The third-order valence-electron chi connectivity index (χ3n) is 4.47. The van der Waals surface area contributed by atoms with Crippen molar-refractivity contribution in [3.63, 3.8) is 0 Å². The third kappa shape index (κ3) is 5.00. The number of carbonyl (C=O) groups excluding carboxylic acids is 1. The summed E-state index contributed by atoms with van der Waals surface area (Å²) in [7, 11) is 0. The summed E-state index contributed by atoms with van der Waals surface area (Å²) in [5.41, 5.74) is 3.05. The quantitative estimate of drug-likeness (QED) is 0.216. The van der Waals surface area contributed by atoms with Crippen LogP contribution in [0.15, 0.2) is 40.4 Å². The van der Waals surface area contributed by atoms with E-state index in [1.54, 1.807) is 6.07 Å². The maximum absolute atomic E-state index is 13.0. The van der Waals surface area contributed by atoms with E-state index in [9.17, 15) is 4.79 Å². The third-order valence-corrected chi connectivity index (χ3v) is 6.02. The highest BCUT2D eigenvalue weighted by molar-refractivity contribution is 9.10. The van der Waals surface area contributed by atoms with E-state index < -0.39 is 0 Å². The summed E-state index contributed by atoms with van der Waals surface area (Å²) in [6, 6.07) is 9.37. The van der Waals surface area contributed by atoms with Crippen LogP contribution in [0.25, 0.3) is 6.08 Å². The van der Waals surface area contributed by atoms with E-state index in [-0.39, 0.29) is 12.4 Å². The molecular formula is C22H21Br2ClO3. The predicted octanol–water partition coefficient (Wildman–Crippen LogP) is 7.23. The molecule has 0 fully saturated rings. The van der Waals surface area contributed by atoms with Crippen LogP contribution >= 0.6 is 43.5 Å². The number of carbonyl (C=O) groups is 1. The SMILES string of the molecule is CCCCCOc1cc(/C=C2\COc3c(Br)cc(CBr)cc3C2=O)ccc1Cl. The minimum Gasteiger partial charge on any atom is -0.492 e. The standard InChI is InChI=1S/C22H21Br2ClO3/c1-2-3-4-7-27-20-11-14(5-6-19(20)25)8-16-13-28-22-17(21(16)26)9-15(12-23)10-18(22)24/h5-6,8-11H,2-4,7,12-13H2,1H3/b16-8+. The van der Waals surface area contributed by atoms with Gasteiger partial charge in [-0.05, 0) is 63.8 Å². The van der Waals surface area contributed by atoms with E-state index in [1.165, 1.54) is 0 Å². The lowest BCUT2D eigenvalue weighted by atomic mass is 9.97. The normalized spacial score (nSPS) is 14.7. The minimum atomic E-state index is -0.0230. The molecule has 0 spiro atoms. The first-order valence-corrected chi connectivity index (χ1v) is 11.5. The monoisotopic (exact) mass is 526 g/mol. The average Bonchev–Trinajstić information content (AvgIpc) is 2.69. The van der Waals surface area contributed by atoms with Crippen molar-refractivity contribution in [2.45, 2.75) is 31.5 Å². The van der Waals surface area contributed by atoms with E-state index in [0.717, 1.165) is 34.9 Å². The van der Waals surface area contributed by atoms with Gasteiger partial charge >= 0.3 is 0 Å². The van der Waals surface area contributed by atoms with Gasteiger partial charge in [-0.15, -0.1) is 0 Å². The molecule has 28 heavy (non-hydrogen) atoms. The highest BCUT2D eigenvalue weighted by Crippen LogP contribution is 2.37. The van der Waals surface area contributed by atoms with Crippen LogP contribution in [0.1, 0.15) is 47.7 Å². The molecule has 2 aromatic rings. The van der Waals surface area contributed by atoms with E-state index in [0.29, 0.717) is 39.6 Å². The summed E-state index contributed by atoms with van der Waals surface area (Å²) in [6.45, 7) is 3.01. The summed E-state index contributed by atoms with van der Waals surface area (Å²) >= 11 is 13.2. The fourth-order valence-corrected chi connectivity index (χ4v) is 4.11. The predicted molar refractivity (Wildman–Crippen MR) is 121 cm³/mol. The van der Waals surface area contributed by atoms with Gasteiger partial charge in [-0.1, -0.05) is 53.4 Å². The van der Waals surface area contributed by atoms with Gasteiger partial charge in [0.15, 0.2) is 5.78 Å². The van der Waals surface area contributed by atoms with Crippen LogP contribution in [0.5, 0.6) is 11.5 Å². The molecule has 0 N–H and O–H groups in total. The Morgan fingerprint density at radius 3 is 2.82 bits per heavy atom. The van der Waals surface area contributed by atoms with Crippen LogP contribution in [0.4, 0.5) is 0 Å². The van der Waals surface area contributed by atoms with Crippen molar-refractivity contribution >= 4 is 55.3 Å². The van der Waals surface area contributed by atoms with E-state index in [4.69, 9.17) is 21.1 Å². The van der Waals surface area contributed by atoms with Gasteiger partial charge in [0.1, 0.15) is 18.1 Å². The second-order valence-corrected chi connectivity index (χ2v) is 8.44. The van der Waals surface area contributed by atoms with Gasteiger partial charge in [0.2, 0.25) is 0 Å². The van der Waals surface area contributed by atoms with Gasteiger partial charge in [-0.2, -0.15) is 0 Å². The second-order valence-electron chi connectivity index (χ2n) is 6.62. The Morgan fingerprint density at radius 2 is 2.07 bits per heavy atom. The van der Waals surface area contributed by atoms with Gasteiger partial charge < -0.3 is 9.47 Å². The highest BCUT2D eigenvalue weighted by atomic mass is 79.9. The number of fused-ring (bicyclic) bond motifs is 1. The number of rotatable bonds is 7. The second kappa shape index (κ2) is 9.95. The van der Waals surface area contributed by atoms with Crippen LogP contribution in [0, 0.1) is 0 Å². The van der Waals surface area contributed by atoms with E-state index in [1.807, 2.05) is 30.3 Å². The Bertz CT molecular complexity index is 909. The zero-order valence-electron chi connectivity index (χ0n) is 15.6. The number of benzene rings is 2. The molecule has 1 heterocycles. The fourth-order valence-electron chi connectivity index (χ4n) is 2.99. The molecule has 0 aliphatic carbocycles. The maximum Gasteiger partial charge on any atom is 0.196 e. The van der Waals surface area contributed by atoms with Gasteiger partial charge in [-0.25, -0.2) is 0 Å². The number of halogens is 3. The first kappa shape index (κ1) is 21.4. The summed E-state index contributed by atoms with van der Waals surface area (Å²) in [4.78, 5) is 13.0. The van der Waals surface area contributed by atoms with Crippen molar-refractivity contribution in [2.24, 2.45) is 0 Å². The Kier molecular flexibility index (Phi) is 7.61. The van der Waals surface area contributed by atoms with Gasteiger partial charge in [0.25, 0.3) is 0 Å². The Labute approximate surface area is 187 Å². The molecule has 0 bridgehead atoms. The molecule has 2 aromatic carbocycles. The number of alkyl halides is 1. The molecular weight excluding hydrogens is 508 g/mol. The van der Waals surface area contributed by atoms with Crippen LogP contribution in [-0.2, 0) is 5.33 Å². The largest absolute Gasteiger partial charge is 0.492 e. The molecule has 0 unspecified atom stereocenters. The molecule has 0 saturated carbocycles. The van der Waals surface area contributed by atoms with Crippen LogP contribution < -0.4 is 9.47 Å². The number of ether oxygens (including phenoxy) is 2. The number of hydrogen-bond donors (Lipinski definition) is 0. The molecule has 3 nitrogen and oxygen atoms in total. The van der Waals surface area contributed by atoms with E-state index in [2.05, 4.69) is 38.8 Å². The molecule has 6 heteroatoms. The molecule has 1 aliphatic heterocycles. The van der Waals surface area contributed by atoms with Crippen molar-refractivity contribution < 1.29 is 14.3 Å². The zero-order valence-corrected chi connectivity index (χ0v) is 19.5. The minimum absolute atomic E-state index is 0.0230. The lowest BCUT2D eigenvalue weighted by molar-refractivity contribution is 0.100. The first-order chi connectivity index (χ1) is 13.5. The molecule has 1 aliphatic rings. The number of hydrogen-bond acceptors (Lipinski definition) is 3. The molecule has 0 amide bonds. The summed E-state index contributed by atoms with van der Waals surface area (Å²) in [5.74, 6) is 1.22. The smallest absolute Gasteiger partial charge is 0.196 e. The van der Waals surface area contributed by atoms with Gasteiger partial charge in [0.05, 0.1) is 21.7 Å². The van der Waals surface area contributed by atoms with Crippen LogP contribution in [-0.4, -0.2) is 19.0 Å². The zero-order chi connectivity index (χ0) is 20.1. The molecule has 0 aromatic heterocycles. The summed E-state index contributed by atoms with van der Waals surface area (Å²) in [6.07, 6.45) is 5.10. The summed E-state index contributed by atoms with van der Waals surface area (Å²) in [5, 5.41) is 1.24. The van der Waals surface area contributed by atoms with Crippen molar-refractivity contribution in [2.75, 3.05) is 13.2 Å². The number of ketones is 1. The lowest BCUT2D eigenvalue weighted by Crippen LogP contribution is -2.19. The molecule has 3 rings (SSSR count). The topological polar surface area (TPSA) is 35.5 Å². The van der Waals surface area contributed by atoms with Crippen molar-refractivity contribution in [3.8, 4) is 11.5 Å². The van der Waals surface area contributed by atoms with Crippen LogP contribution in [0.2, 0.25) is 5.02 Å². The van der Waals surface area contributed by atoms with E-state index >= 15 is 0 Å². The van der Waals surface area contributed by atoms with Crippen molar-refractivity contribution in [3.05, 3.63) is 62.1 Å². The highest BCUT2D eigenvalue weighted by Gasteiger charge is 2.26. The van der Waals surface area contributed by atoms with Gasteiger partial charge in [0, 0.05) is 10.9 Å². The van der Waals surface area contributed by atoms with Crippen molar-refractivity contribution in [1.82, 2.24) is 0 Å². The summed E-state index contributed by atoms with van der Waals surface area (Å²) < 4.78 is 12.4. The fraction of sp³-hybridized carbons (Fsp3) is 0.318. The van der Waals surface area contributed by atoms with Crippen LogP contribution in [0.3, 0.4) is 0 Å². The lowest BCUT2D eigenvalue weighted by Gasteiger charge is -2.21. The molecule has 148 valence electrons. The van der Waals surface area contributed by atoms with Crippen molar-refractivity contribution in [1.29, 1.82) is 0 Å².